The highest BCUT2D eigenvalue weighted by atomic mass is 79.9. The number of nitrogens with one attached hydrogen (secondary N) is 1. The minimum absolute atomic E-state index is 0.0857. The molecule has 0 aromatic heterocycles. The fourth-order valence-corrected chi connectivity index (χ4v) is 6.33. The number of carbonyl (C=O) groups is 2. The highest BCUT2D eigenvalue weighted by Crippen LogP contribution is 2.26. The summed E-state index contributed by atoms with van der Waals surface area (Å²) in [6, 6.07) is 20.3. The largest absolute Gasteiger partial charge is 0.354 e. The number of nitrogens with zero attached hydrogens (tertiary/aromatic N) is 2. The number of sulfonamides is 1. The molecule has 1 N–H and O–H groups in total. The number of thioether (sulfide) groups is 1. The number of amides is 2. The van der Waals surface area contributed by atoms with Crippen LogP contribution in [0.2, 0.25) is 0 Å². The summed E-state index contributed by atoms with van der Waals surface area (Å²) in [5.74, 6) is -0.766. The molecule has 0 saturated carbocycles. The number of hydrogen-bond donors (Lipinski definition) is 1. The lowest BCUT2D eigenvalue weighted by atomic mass is 10.1. The second-order valence-electron chi connectivity index (χ2n) is 9.49. The van der Waals surface area contributed by atoms with Gasteiger partial charge in [-0.1, -0.05) is 59.1 Å². The third-order valence-corrected chi connectivity index (χ3v) is 9.51. The summed E-state index contributed by atoms with van der Waals surface area (Å²) in [5, 5.41) is 2.90. The van der Waals surface area contributed by atoms with Crippen molar-refractivity contribution in [2.45, 2.75) is 56.0 Å². The zero-order valence-corrected chi connectivity index (χ0v) is 26.5. The Labute approximate surface area is 250 Å². The number of hydrogen-bond acceptors (Lipinski definition) is 5. The fourth-order valence-electron chi connectivity index (χ4n) is 4.07. The molecule has 0 saturated heterocycles. The summed E-state index contributed by atoms with van der Waals surface area (Å²) in [7, 11) is -4.10. The Balaban J connectivity index is 2.00. The number of aryl methyl sites for hydroxylation is 1. The SMILES string of the molecule is CCCCNC(=O)[C@H](C)N(Cc1cccc(Br)c1)C(=O)CN(c1ccc(C)cc1)S(=O)(=O)c1ccc(SC)cc1. The standard InChI is InChI=1S/C30H36BrN3O4S2/c1-5-6-18-32-30(36)23(3)33(20-24-8-7-9-25(31)19-24)29(35)21-34(26-12-10-22(2)11-13-26)40(37,38)28-16-14-27(39-4)15-17-28/h7-17,19,23H,5-6,18,20-21H2,1-4H3,(H,32,36)/t23-/m0/s1. The van der Waals surface area contributed by atoms with Gasteiger partial charge in [0.25, 0.3) is 10.0 Å². The average Bonchev–Trinajstić information content (AvgIpc) is 2.94. The highest BCUT2D eigenvalue weighted by molar-refractivity contribution is 9.10. The van der Waals surface area contributed by atoms with Gasteiger partial charge < -0.3 is 10.2 Å². The molecule has 0 spiro atoms. The van der Waals surface area contributed by atoms with Crippen molar-refractivity contribution in [3.05, 3.63) is 88.4 Å². The normalized spacial score (nSPS) is 12.0. The number of unbranched alkanes of at least 4 members (excludes halogenated alkanes) is 1. The van der Waals surface area contributed by atoms with Gasteiger partial charge in [-0.25, -0.2) is 8.42 Å². The van der Waals surface area contributed by atoms with Crippen molar-refractivity contribution in [1.82, 2.24) is 10.2 Å². The second kappa shape index (κ2) is 14.7. The number of anilines is 1. The monoisotopic (exact) mass is 645 g/mol. The first-order valence-electron chi connectivity index (χ1n) is 13.1. The van der Waals surface area contributed by atoms with Crippen LogP contribution in [0.5, 0.6) is 0 Å². The Bertz CT molecular complexity index is 1400. The molecule has 214 valence electrons. The Morgan fingerprint density at radius 1 is 1.02 bits per heavy atom. The summed E-state index contributed by atoms with van der Waals surface area (Å²) < 4.78 is 29.8. The van der Waals surface area contributed by atoms with E-state index in [-0.39, 0.29) is 17.3 Å². The van der Waals surface area contributed by atoms with Crippen LogP contribution in [0.3, 0.4) is 0 Å². The molecule has 0 radical (unpaired) electrons. The van der Waals surface area contributed by atoms with Crippen LogP contribution >= 0.6 is 27.7 Å². The first-order valence-corrected chi connectivity index (χ1v) is 16.6. The summed E-state index contributed by atoms with van der Waals surface area (Å²) in [5.41, 5.74) is 2.15. The molecule has 0 bridgehead atoms. The maximum absolute atomic E-state index is 14.0. The van der Waals surface area contributed by atoms with Crippen LogP contribution in [-0.4, -0.2) is 50.5 Å². The maximum Gasteiger partial charge on any atom is 0.264 e. The molecule has 0 unspecified atom stereocenters. The van der Waals surface area contributed by atoms with Gasteiger partial charge in [-0.15, -0.1) is 11.8 Å². The van der Waals surface area contributed by atoms with E-state index in [1.54, 1.807) is 43.3 Å². The van der Waals surface area contributed by atoms with Gasteiger partial charge in [0.1, 0.15) is 12.6 Å². The lowest BCUT2D eigenvalue weighted by Gasteiger charge is -2.32. The Kier molecular flexibility index (Phi) is 11.7. The van der Waals surface area contributed by atoms with Crippen molar-refractivity contribution in [3.8, 4) is 0 Å². The minimum Gasteiger partial charge on any atom is -0.354 e. The molecule has 3 aromatic carbocycles. The van der Waals surface area contributed by atoms with Crippen LogP contribution < -0.4 is 9.62 Å². The van der Waals surface area contributed by atoms with Gasteiger partial charge in [0.05, 0.1) is 10.6 Å². The van der Waals surface area contributed by atoms with E-state index in [1.165, 1.54) is 16.7 Å². The molecule has 7 nitrogen and oxygen atoms in total. The maximum atomic E-state index is 14.0. The van der Waals surface area contributed by atoms with E-state index in [0.717, 1.165) is 37.6 Å². The van der Waals surface area contributed by atoms with Gasteiger partial charge in [0.15, 0.2) is 0 Å². The zero-order chi connectivity index (χ0) is 29.3. The number of rotatable bonds is 13. The average molecular weight is 647 g/mol. The molecule has 0 heterocycles. The van der Waals surface area contributed by atoms with Crippen molar-refractivity contribution < 1.29 is 18.0 Å². The molecule has 3 aromatic rings. The fraction of sp³-hybridized carbons (Fsp3) is 0.333. The number of benzene rings is 3. The van der Waals surface area contributed by atoms with E-state index in [9.17, 15) is 18.0 Å². The van der Waals surface area contributed by atoms with Gasteiger partial charge in [-0.3, -0.25) is 13.9 Å². The van der Waals surface area contributed by atoms with E-state index in [0.29, 0.717) is 12.2 Å². The predicted molar refractivity (Wildman–Crippen MR) is 166 cm³/mol. The number of carbonyl (C=O) groups excluding carboxylic acids is 2. The van der Waals surface area contributed by atoms with Crippen LogP contribution in [0.25, 0.3) is 0 Å². The third kappa shape index (κ3) is 8.34. The molecule has 1 atom stereocenters. The van der Waals surface area contributed by atoms with Crippen molar-refractivity contribution in [2.24, 2.45) is 0 Å². The molecule has 0 aliphatic heterocycles. The minimum atomic E-state index is -4.10. The molecule has 0 fully saturated rings. The van der Waals surface area contributed by atoms with E-state index < -0.39 is 28.5 Å². The molecule has 0 aliphatic rings. The van der Waals surface area contributed by atoms with Crippen molar-refractivity contribution in [1.29, 1.82) is 0 Å². The molecular weight excluding hydrogens is 610 g/mol. The van der Waals surface area contributed by atoms with Gasteiger partial charge in [0.2, 0.25) is 11.8 Å². The lowest BCUT2D eigenvalue weighted by molar-refractivity contribution is -0.139. The Hall–Kier alpha value is -2.82. The summed E-state index contributed by atoms with van der Waals surface area (Å²) in [4.78, 5) is 29.5. The molecule has 2 amide bonds. The summed E-state index contributed by atoms with van der Waals surface area (Å²) >= 11 is 4.98. The van der Waals surface area contributed by atoms with E-state index >= 15 is 0 Å². The second-order valence-corrected chi connectivity index (χ2v) is 13.2. The summed E-state index contributed by atoms with van der Waals surface area (Å²) in [6.45, 7) is 5.81. The van der Waals surface area contributed by atoms with Gasteiger partial charge >= 0.3 is 0 Å². The van der Waals surface area contributed by atoms with Gasteiger partial charge in [-0.2, -0.15) is 0 Å². The van der Waals surface area contributed by atoms with Crippen LogP contribution in [0.1, 0.15) is 37.8 Å². The molecule has 0 aliphatic carbocycles. The van der Waals surface area contributed by atoms with Crippen molar-refractivity contribution in [3.63, 3.8) is 0 Å². The van der Waals surface area contributed by atoms with E-state index in [4.69, 9.17) is 0 Å². The quantitative estimate of drug-likeness (QED) is 0.182. The van der Waals surface area contributed by atoms with Gasteiger partial charge in [0, 0.05) is 22.5 Å². The highest BCUT2D eigenvalue weighted by Gasteiger charge is 2.32. The van der Waals surface area contributed by atoms with Crippen LogP contribution in [0.4, 0.5) is 5.69 Å². The van der Waals surface area contributed by atoms with Crippen molar-refractivity contribution >= 4 is 55.2 Å². The van der Waals surface area contributed by atoms with E-state index in [1.807, 2.05) is 56.5 Å². The zero-order valence-electron chi connectivity index (χ0n) is 23.3. The Morgan fingerprint density at radius 2 is 1.70 bits per heavy atom. The first-order chi connectivity index (χ1) is 19.1. The molecular formula is C30H36BrN3O4S2. The predicted octanol–water partition coefficient (Wildman–Crippen LogP) is 6.01. The Morgan fingerprint density at radius 3 is 2.30 bits per heavy atom. The third-order valence-electron chi connectivity index (χ3n) is 6.49. The molecule has 40 heavy (non-hydrogen) atoms. The topological polar surface area (TPSA) is 86.8 Å². The van der Waals surface area contributed by atoms with E-state index in [2.05, 4.69) is 21.2 Å². The van der Waals surface area contributed by atoms with Gasteiger partial charge in [-0.05, 0) is 80.6 Å². The first kappa shape index (κ1) is 31.7. The van der Waals surface area contributed by atoms with Crippen LogP contribution in [0.15, 0.2) is 87.1 Å². The smallest absolute Gasteiger partial charge is 0.264 e. The molecule has 10 heteroatoms. The summed E-state index contributed by atoms with van der Waals surface area (Å²) in [6.07, 6.45) is 3.67. The lowest BCUT2D eigenvalue weighted by Crippen LogP contribution is -2.51. The number of halogens is 1. The van der Waals surface area contributed by atoms with Crippen LogP contribution in [-0.2, 0) is 26.2 Å². The molecule has 3 rings (SSSR count). The van der Waals surface area contributed by atoms with Crippen LogP contribution in [0, 0.1) is 6.92 Å². The van der Waals surface area contributed by atoms with Crippen molar-refractivity contribution in [2.75, 3.05) is 23.7 Å².